The number of methoxy groups -OCH3 is 1. The van der Waals surface area contributed by atoms with Crippen molar-refractivity contribution >= 4 is 22.8 Å². The summed E-state index contributed by atoms with van der Waals surface area (Å²) in [5.41, 5.74) is 7.50. The minimum atomic E-state index is -0.915. The number of carbonyl (C=O) groups excluding carboxylic acids is 2. The van der Waals surface area contributed by atoms with Crippen molar-refractivity contribution in [1.82, 2.24) is 15.3 Å². The third-order valence-corrected chi connectivity index (χ3v) is 4.45. The number of carbonyl (C=O) groups is 2. The molecule has 0 radical (unpaired) electrons. The SMILES string of the molecule is COC(=O)C(Cc1c[nH]c2ccccc12)NC(=O)c1coc(C(N)C(C)O)n1. The van der Waals surface area contributed by atoms with Gasteiger partial charge in [0.2, 0.25) is 5.89 Å². The van der Waals surface area contributed by atoms with E-state index in [1.54, 1.807) is 6.20 Å². The van der Waals surface area contributed by atoms with Crippen LogP contribution in [0, 0.1) is 0 Å². The normalized spacial score (nSPS) is 14.4. The number of aliphatic hydroxyl groups excluding tert-OH is 1. The molecule has 2 heterocycles. The first kappa shape index (κ1) is 19.6. The second-order valence-corrected chi connectivity index (χ2v) is 6.45. The number of ether oxygens (including phenoxy) is 1. The molecule has 9 nitrogen and oxygen atoms in total. The number of hydrogen-bond donors (Lipinski definition) is 4. The molecule has 3 unspecified atom stereocenters. The number of hydrogen-bond acceptors (Lipinski definition) is 7. The van der Waals surface area contributed by atoms with Gasteiger partial charge < -0.3 is 30.3 Å². The lowest BCUT2D eigenvalue weighted by molar-refractivity contribution is -0.142. The molecule has 5 N–H and O–H groups in total. The molecule has 1 aromatic carbocycles. The van der Waals surface area contributed by atoms with E-state index in [1.807, 2.05) is 24.3 Å². The number of nitrogens with zero attached hydrogens (tertiary/aromatic N) is 1. The molecule has 0 saturated heterocycles. The van der Waals surface area contributed by atoms with Gasteiger partial charge >= 0.3 is 5.97 Å². The number of oxazole rings is 1. The quantitative estimate of drug-likeness (QED) is 0.444. The van der Waals surface area contributed by atoms with E-state index in [4.69, 9.17) is 14.9 Å². The van der Waals surface area contributed by atoms with Gasteiger partial charge in [-0.15, -0.1) is 0 Å². The van der Waals surface area contributed by atoms with Gasteiger partial charge in [0, 0.05) is 23.5 Å². The monoisotopic (exact) mass is 386 g/mol. The van der Waals surface area contributed by atoms with E-state index in [2.05, 4.69) is 15.3 Å². The molecule has 0 bridgehead atoms. The zero-order valence-corrected chi connectivity index (χ0v) is 15.5. The summed E-state index contributed by atoms with van der Waals surface area (Å²) in [7, 11) is 1.26. The van der Waals surface area contributed by atoms with Crippen LogP contribution in [0.1, 0.15) is 34.9 Å². The van der Waals surface area contributed by atoms with Crippen molar-refractivity contribution in [2.24, 2.45) is 5.73 Å². The summed E-state index contributed by atoms with van der Waals surface area (Å²) in [6.45, 7) is 1.49. The van der Waals surface area contributed by atoms with Crippen molar-refractivity contribution in [2.75, 3.05) is 7.11 Å². The van der Waals surface area contributed by atoms with Gasteiger partial charge in [0.15, 0.2) is 5.69 Å². The number of amides is 1. The van der Waals surface area contributed by atoms with Crippen molar-refractivity contribution in [1.29, 1.82) is 0 Å². The maximum Gasteiger partial charge on any atom is 0.328 e. The van der Waals surface area contributed by atoms with Crippen LogP contribution >= 0.6 is 0 Å². The Kier molecular flexibility index (Phi) is 5.76. The first-order valence-electron chi connectivity index (χ1n) is 8.73. The molecule has 0 saturated carbocycles. The lowest BCUT2D eigenvalue weighted by Gasteiger charge is -2.15. The van der Waals surface area contributed by atoms with E-state index >= 15 is 0 Å². The third-order valence-electron chi connectivity index (χ3n) is 4.45. The van der Waals surface area contributed by atoms with E-state index in [1.165, 1.54) is 14.0 Å². The Hall–Kier alpha value is -3.17. The number of fused-ring (bicyclic) bond motifs is 1. The number of esters is 1. The molecule has 0 aliphatic rings. The van der Waals surface area contributed by atoms with E-state index < -0.39 is 30.1 Å². The second-order valence-electron chi connectivity index (χ2n) is 6.45. The summed E-state index contributed by atoms with van der Waals surface area (Å²) in [4.78, 5) is 31.8. The number of para-hydroxylation sites is 1. The largest absolute Gasteiger partial charge is 0.467 e. The average molecular weight is 386 g/mol. The molecule has 2 aromatic heterocycles. The molecule has 0 fully saturated rings. The van der Waals surface area contributed by atoms with Crippen LogP contribution in [0.3, 0.4) is 0 Å². The van der Waals surface area contributed by atoms with Gasteiger partial charge in [-0.25, -0.2) is 9.78 Å². The van der Waals surface area contributed by atoms with Crippen LogP contribution in [0.5, 0.6) is 0 Å². The average Bonchev–Trinajstić information content (AvgIpc) is 3.34. The molecule has 1 amide bonds. The standard InChI is InChI=1S/C19H22N4O5/c1-10(24)16(20)18-23-15(9-28-18)17(25)22-14(19(26)27-2)7-11-8-21-13-6-4-3-5-12(11)13/h3-6,8-10,14,16,21,24H,7,20H2,1-2H3,(H,22,25). The van der Waals surface area contributed by atoms with Crippen molar-refractivity contribution in [3.05, 3.63) is 53.9 Å². The summed E-state index contributed by atoms with van der Waals surface area (Å²) in [5, 5.41) is 13.1. The Morgan fingerprint density at radius 2 is 2.14 bits per heavy atom. The van der Waals surface area contributed by atoms with Gasteiger partial charge in [0.25, 0.3) is 5.91 Å². The van der Waals surface area contributed by atoms with Gasteiger partial charge in [0.05, 0.1) is 13.2 Å². The molecule has 28 heavy (non-hydrogen) atoms. The zero-order chi connectivity index (χ0) is 20.3. The number of aliphatic hydroxyl groups is 1. The maximum atomic E-state index is 12.5. The molecule has 0 aliphatic carbocycles. The highest BCUT2D eigenvalue weighted by Crippen LogP contribution is 2.20. The van der Waals surface area contributed by atoms with Gasteiger partial charge in [-0.05, 0) is 18.6 Å². The fourth-order valence-electron chi connectivity index (χ4n) is 2.84. The summed E-state index contributed by atoms with van der Waals surface area (Å²) in [6, 6.07) is 5.88. The number of rotatable bonds is 7. The molecular formula is C19H22N4O5. The fraction of sp³-hybridized carbons (Fsp3) is 0.316. The summed E-state index contributed by atoms with van der Waals surface area (Å²) < 4.78 is 9.99. The van der Waals surface area contributed by atoms with E-state index in [0.29, 0.717) is 0 Å². The molecule has 3 aromatic rings. The second kappa shape index (κ2) is 8.24. The van der Waals surface area contributed by atoms with Gasteiger partial charge in [0.1, 0.15) is 18.3 Å². The van der Waals surface area contributed by atoms with Crippen molar-refractivity contribution in [3.8, 4) is 0 Å². The van der Waals surface area contributed by atoms with Crippen molar-refractivity contribution in [2.45, 2.75) is 31.5 Å². The van der Waals surface area contributed by atoms with E-state index in [0.717, 1.165) is 22.7 Å². The van der Waals surface area contributed by atoms with Crippen LogP contribution in [0.4, 0.5) is 0 Å². The topological polar surface area (TPSA) is 143 Å². The first-order valence-corrected chi connectivity index (χ1v) is 8.73. The highest BCUT2D eigenvalue weighted by atomic mass is 16.5. The Morgan fingerprint density at radius 3 is 2.86 bits per heavy atom. The Balaban J connectivity index is 1.77. The predicted octanol–water partition coefficient (Wildman–Crippen LogP) is 1.05. The summed E-state index contributed by atoms with van der Waals surface area (Å²) >= 11 is 0. The van der Waals surface area contributed by atoms with Crippen molar-refractivity contribution in [3.63, 3.8) is 0 Å². The molecule has 0 aliphatic heterocycles. The molecule has 3 rings (SSSR count). The number of benzene rings is 1. The minimum absolute atomic E-state index is 0.0337. The van der Waals surface area contributed by atoms with Crippen LogP contribution in [0.15, 0.2) is 41.1 Å². The molecule has 148 valence electrons. The van der Waals surface area contributed by atoms with Gasteiger partial charge in [-0.1, -0.05) is 18.2 Å². The zero-order valence-electron chi connectivity index (χ0n) is 15.5. The number of H-pyrrole nitrogens is 1. The highest BCUT2D eigenvalue weighted by molar-refractivity contribution is 5.95. The fourth-order valence-corrected chi connectivity index (χ4v) is 2.84. The number of aromatic nitrogens is 2. The first-order chi connectivity index (χ1) is 13.4. The van der Waals surface area contributed by atoms with Crippen LogP contribution in [0.2, 0.25) is 0 Å². The van der Waals surface area contributed by atoms with Crippen LogP contribution in [-0.2, 0) is 16.0 Å². The minimum Gasteiger partial charge on any atom is -0.467 e. The molecular weight excluding hydrogens is 364 g/mol. The van der Waals surface area contributed by atoms with Crippen LogP contribution < -0.4 is 11.1 Å². The molecule has 0 spiro atoms. The van der Waals surface area contributed by atoms with E-state index in [-0.39, 0.29) is 18.0 Å². The number of nitrogens with one attached hydrogen (secondary N) is 2. The van der Waals surface area contributed by atoms with Gasteiger partial charge in [-0.3, -0.25) is 4.79 Å². The third kappa shape index (κ3) is 4.05. The predicted molar refractivity (Wildman–Crippen MR) is 100 cm³/mol. The Morgan fingerprint density at radius 1 is 1.39 bits per heavy atom. The molecule has 9 heteroatoms. The summed E-state index contributed by atoms with van der Waals surface area (Å²) in [5.74, 6) is -1.16. The van der Waals surface area contributed by atoms with Gasteiger partial charge in [-0.2, -0.15) is 0 Å². The molecule has 3 atom stereocenters. The van der Waals surface area contributed by atoms with Crippen LogP contribution in [0.25, 0.3) is 10.9 Å². The Bertz CT molecular complexity index is 978. The van der Waals surface area contributed by atoms with Crippen LogP contribution in [-0.4, -0.2) is 46.2 Å². The summed E-state index contributed by atoms with van der Waals surface area (Å²) in [6.07, 6.45) is 2.27. The lowest BCUT2D eigenvalue weighted by atomic mass is 10.0. The number of aromatic amines is 1. The highest BCUT2D eigenvalue weighted by Gasteiger charge is 2.26. The maximum absolute atomic E-state index is 12.5. The Labute approximate surface area is 160 Å². The smallest absolute Gasteiger partial charge is 0.328 e. The van der Waals surface area contributed by atoms with E-state index in [9.17, 15) is 14.7 Å². The lowest BCUT2D eigenvalue weighted by Crippen LogP contribution is -2.43. The van der Waals surface area contributed by atoms with Crippen molar-refractivity contribution < 1.29 is 23.8 Å². The number of nitrogens with two attached hydrogens (primary N) is 1.